The van der Waals surface area contributed by atoms with Crippen LogP contribution in [0.4, 0.5) is 0 Å². The van der Waals surface area contributed by atoms with Crippen molar-refractivity contribution in [1.82, 2.24) is 0 Å². The Kier molecular flexibility index (Phi) is 8.36. The van der Waals surface area contributed by atoms with E-state index in [0.29, 0.717) is 16.7 Å². The Morgan fingerprint density at radius 3 is 2.77 bits per heavy atom. The van der Waals surface area contributed by atoms with Gasteiger partial charge in [0.1, 0.15) is 4.88 Å². The van der Waals surface area contributed by atoms with Crippen LogP contribution < -0.4 is 0 Å². The topological polar surface area (TPSA) is 50.9 Å². The number of esters is 1. The molecule has 30 heavy (non-hydrogen) atoms. The van der Waals surface area contributed by atoms with E-state index in [0.717, 1.165) is 57.8 Å². The lowest BCUT2D eigenvalue weighted by Gasteiger charge is -2.45. The number of aliphatic hydroxyl groups is 1. The molecule has 166 valence electrons. The molecule has 3 rings (SSSR count). The SMILES string of the molecule is [C-]#[N+][C@@H]1CC[C@H](CCCc2ccc(C(=O)OC)s2)[C@H]1CCCC(O)C1(CC)CCC1. The van der Waals surface area contributed by atoms with Crippen molar-refractivity contribution < 1.29 is 14.6 Å². The summed E-state index contributed by atoms with van der Waals surface area (Å²) >= 11 is 1.53. The third kappa shape index (κ3) is 5.26. The van der Waals surface area contributed by atoms with Gasteiger partial charge in [0.15, 0.2) is 0 Å². The normalized spacial score (nSPS) is 26.0. The number of aliphatic hydroxyl groups excluding tert-OH is 1. The molecule has 1 heterocycles. The Morgan fingerprint density at radius 1 is 1.33 bits per heavy atom. The Labute approximate surface area is 185 Å². The second kappa shape index (κ2) is 10.8. The molecule has 1 N–H and O–H groups in total. The molecule has 0 bridgehead atoms. The Bertz CT molecular complexity index is 727. The van der Waals surface area contributed by atoms with Crippen LogP contribution in [0.5, 0.6) is 0 Å². The van der Waals surface area contributed by atoms with E-state index in [1.165, 1.54) is 42.6 Å². The van der Waals surface area contributed by atoms with Crippen LogP contribution in [0, 0.1) is 23.8 Å². The highest BCUT2D eigenvalue weighted by Gasteiger charge is 2.42. The average molecular weight is 432 g/mol. The molecule has 0 aliphatic heterocycles. The molecule has 1 aromatic heterocycles. The van der Waals surface area contributed by atoms with Crippen LogP contribution in [0.2, 0.25) is 0 Å². The third-order valence-electron chi connectivity index (χ3n) is 7.92. The number of aryl methyl sites for hydroxylation is 1. The van der Waals surface area contributed by atoms with Crippen molar-refractivity contribution >= 4 is 17.3 Å². The number of hydrogen-bond donors (Lipinski definition) is 1. The first-order valence-corrected chi connectivity index (χ1v) is 12.6. The van der Waals surface area contributed by atoms with Crippen LogP contribution in [0.1, 0.15) is 92.1 Å². The van der Waals surface area contributed by atoms with Gasteiger partial charge in [-0.2, -0.15) is 0 Å². The zero-order valence-electron chi connectivity index (χ0n) is 18.6. The van der Waals surface area contributed by atoms with Gasteiger partial charge in [-0.25, -0.2) is 11.4 Å². The van der Waals surface area contributed by atoms with E-state index in [1.807, 2.05) is 12.1 Å². The van der Waals surface area contributed by atoms with Gasteiger partial charge >= 0.3 is 5.97 Å². The summed E-state index contributed by atoms with van der Waals surface area (Å²) < 4.78 is 4.79. The smallest absolute Gasteiger partial charge is 0.348 e. The highest BCUT2D eigenvalue weighted by Crippen LogP contribution is 2.48. The van der Waals surface area contributed by atoms with Crippen molar-refractivity contribution in [3.63, 3.8) is 0 Å². The molecule has 0 spiro atoms. The Balaban J connectivity index is 1.45. The van der Waals surface area contributed by atoms with E-state index in [4.69, 9.17) is 11.3 Å². The van der Waals surface area contributed by atoms with E-state index in [1.54, 1.807) is 0 Å². The number of thiophene rings is 1. The fraction of sp³-hybridized carbons (Fsp3) is 0.760. The number of ether oxygens (including phenoxy) is 1. The Morgan fingerprint density at radius 2 is 2.13 bits per heavy atom. The van der Waals surface area contributed by atoms with Gasteiger partial charge in [-0.15, -0.1) is 11.3 Å². The fourth-order valence-corrected chi connectivity index (χ4v) is 6.71. The fourth-order valence-electron chi connectivity index (χ4n) is 5.74. The Hall–Kier alpha value is -1.38. The molecule has 5 heteroatoms. The number of methoxy groups -OCH3 is 1. The number of hydrogen-bond acceptors (Lipinski definition) is 4. The monoisotopic (exact) mass is 431 g/mol. The molecule has 4 atom stereocenters. The predicted molar refractivity (Wildman–Crippen MR) is 122 cm³/mol. The summed E-state index contributed by atoms with van der Waals surface area (Å²) in [7, 11) is 1.42. The molecule has 1 aromatic rings. The van der Waals surface area contributed by atoms with Crippen LogP contribution in [0.3, 0.4) is 0 Å². The molecule has 2 fully saturated rings. The molecular formula is C25H37NO3S. The van der Waals surface area contributed by atoms with E-state index in [9.17, 15) is 9.90 Å². The molecule has 1 unspecified atom stereocenters. The maximum absolute atomic E-state index is 11.6. The summed E-state index contributed by atoms with van der Waals surface area (Å²) in [5.41, 5.74) is 0.192. The molecule has 4 nitrogen and oxygen atoms in total. The van der Waals surface area contributed by atoms with Crippen LogP contribution in [-0.4, -0.2) is 30.3 Å². The van der Waals surface area contributed by atoms with E-state index in [-0.39, 0.29) is 23.5 Å². The van der Waals surface area contributed by atoms with Crippen LogP contribution in [0.15, 0.2) is 12.1 Å². The predicted octanol–water partition coefficient (Wildman–Crippen LogP) is 6.28. The van der Waals surface area contributed by atoms with Crippen molar-refractivity contribution in [2.45, 2.75) is 96.1 Å². The molecule has 0 aromatic carbocycles. The van der Waals surface area contributed by atoms with Gasteiger partial charge in [-0.1, -0.05) is 19.8 Å². The first kappa shape index (κ1) is 23.3. The lowest BCUT2D eigenvalue weighted by atomic mass is 9.62. The highest BCUT2D eigenvalue weighted by atomic mass is 32.1. The molecule has 0 radical (unpaired) electrons. The molecule has 2 saturated carbocycles. The lowest BCUT2D eigenvalue weighted by Crippen LogP contribution is -2.40. The summed E-state index contributed by atoms with van der Waals surface area (Å²) in [5, 5.41) is 10.7. The summed E-state index contributed by atoms with van der Waals surface area (Å²) in [6, 6.07) is 4.06. The van der Waals surface area contributed by atoms with Crippen molar-refractivity contribution in [2.24, 2.45) is 17.3 Å². The van der Waals surface area contributed by atoms with Crippen molar-refractivity contribution in [3.8, 4) is 0 Å². The molecule has 0 amide bonds. The number of rotatable bonds is 11. The number of carbonyl (C=O) groups excluding carboxylic acids is 1. The minimum Gasteiger partial charge on any atom is -0.465 e. The second-order valence-electron chi connectivity index (χ2n) is 9.36. The van der Waals surface area contributed by atoms with Gasteiger partial charge < -0.3 is 14.7 Å². The summed E-state index contributed by atoms with van der Waals surface area (Å²) in [6.07, 6.45) is 13.0. The molecular weight excluding hydrogens is 394 g/mol. The second-order valence-corrected chi connectivity index (χ2v) is 10.5. The maximum atomic E-state index is 11.6. The first-order valence-electron chi connectivity index (χ1n) is 11.7. The standard InChI is InChI=1S/C25H37NO3S/c1-4-25(16-7-17-25)23(27)11-6-10-20-18(12-14-21(20)26-2)8-5-9-19-13-15-22(30-19)24(28)29-3/h13,15,18,20-21,23,27H,4-12,14,16-17H2,1,3H3/t18-,20+,21+,23?/m0/s1. The van der Waals surface area contributed by atoms with E-state index < -0.39 is 0 Å². The number of nitrogens with zero attached hydrogens (tertiary/aromatic N) is 1. The summed E-state index contributed by atoms with van der Waals surface area (Å²) in [6.45, 7) is 9.83. The molecule has 2 aliphatic rings. The lowest BCUT2D eigenvalue weighted by molar-refractivity contribution is -0.0437. The zero-order chi connectivity index (χ0) is 21.6. The molecule has 0 saturated heterocycles. The van der Waals surface area contributed by atoms with Gasteiger partial charge in [0.25, 0.3) is 0 Å². The average Bonchev–Trinajstić information content (AvgIpc) is 3.34. The van der Waals surface area contributed by atoms with E-state index >= 15 is 0 Å². The largest absolute Gasteiger partial charge is 0.465 e. The highest BCUT2D eigenvalue weighted by molar-refractivity contribution is 7.13. The first-order chi connectivity index (χ1) is 14.5. The van der Waals surface area contributed by atoms with Crippen molar-refractivity contribution in [2.75, 3.05) is 7.11 Å². The maximum Gasteiger partial charge on any atom is 0.348 e. The minimum absolute atomic E-state index is 0.162. The summed E-state index contributed by atoms with van der Waals surface area (Å²) in [4.78, 5) is 17.5. The van der Waals surface area contributed by atoms with Crippen LogP contribution >= 0.6 is 11.3 Å². The van der Waals surface area contributed by atoms with Crippen molar-refractivity contribution in [3.05, 3.63) is 33.3 Å². The zero-order valence-corrected chi connectivity index (χ0v) is 19.4. The quantitative estimate of drug-likeness (QED) is 0.331. The van der Waals surface area contributed by atoms with Gasteiger partial charge in [-0.05, 0) is 81.3 Å². The van der Waals surface area contributed by atoms with Gasteiger partial charge in [0.05, 0.1) is 13.2 Å². The summed E-state index contributed by atoms with van der Waals surface area (Å²) in [5.74, 6) is 0.865. The van der Waals surface area contributed by atoms with Gasteiger partial charge in [0, 0.05) is 17.2 Å². The minimum atomic E-state index is -0.254. The van der Waals surface area contributed by atoms with Gasteiger partial charge in [0.2, 0.25) is 6.04 Å². The molecule has 2 aliphatic carbocycles. The number of carbonyl (C=O) groups is 1. The van der Waals surface area contributed by atoms with Crippen LogP contribution in [0.25, 0.3) is 4.85 Å². The third-order valence-corrected chi connectivity index (χ3v) is 9.05. The van der Waals surface area contributed by atoms with E-state index in [2.05, 4.69) is 11.8 Å². The van der Waals surface area contributed by atoms with Gasteiger partial charge in [-0.3, -0.25) is 0 Å². The van der Waals surface area contributed by atoms with Crippen LogP contribution in [-0.2, 0) is 11.2 Å². The van der Waals surface area contributed by atoms with Crippen molar-refractivity contribution in [1.29, 1.82) is 0 Å².